The van der Waals surface area contributed by atoms with Crippen LogP contribution < -0.4 is 0 Å². The zero-order valence-corrected chi connectivity index (χ0v) is 10.2. The van der Waals surface area contributed by atoms with Crippen LogP contribution in [0.15, 0.2) is 11.6 Å². The Hall–Kier alpha value is -0.590. The van der Waals surface area contributed by atoms with Gasteiger partial charge in [-0.15, -0.1) is 0 Å². The molecule has 1 saturated carbocycles. The zero-order chi connectivity index (χ0) is 11.1. The molecular weight excluding hydrogens is 184 g/mol. The van der Waals surface area contributed by atoms with Gasteiger partial charge in [0.2, 0.25) is 0 Å². The number of carbonyl (C=O) groups excluding carboxylic acids is 1. The van der Waals surface area contributed by atoms with Crippen LogP contribution in [0.25, 0.3) is 0 Å². The average molecular weight is 206 g/mol. The first-order chi connectivity index (χ1) is 7.03. The van der Waals surface area contributed by atoms with Crippen LogP contribution >= 0.6 is 0 Å². The van der Waals surface area contributed by atoms with Crippen molar-refractivity contribution in [2.75, 3.05) is 0 Å². The van der Waals surface area contributed by atoms with E-state index in [0.29, 0.717) is 23.0 Å². The molecule has 2 rings (SSSR count). The summed E-state index contributed by atoms with van der Waals surface area (Å²) in [4.78, 5) is 11.6. The number of rotatable bonds is 1. The van der Waals surface area contributed by atoms with Gasteiger partial charge in [0.1, 0.15) is 5.78 Å². The summed E-state index contributed by atoms with van der Waals surface area (Å²) in [6.07, 6.45) is 8.39. The van der Waals surface area contributed by atoms with Crippen molar-refractivity contribution < 1.29 is 4.79 Å². The van der Waals surface area contributed by atoms with Crippen molar-refractivity contribution in [3.8, 4) is 0 Å². The molecule has 0 heterocycles. The van der Waals surface area contributed by atoms with Crippen LogP contribution in [0.1, 0.15) is 52.9 Å². The van der Waals surface area contributed by atoms with Crippen LogP contribution in [0.4, 0.5) is 0 Å². The normalized spacial score (nSPS) is 40.6. The molecule has 0 aromatic rings. The van der Waals surface area contributed by atoms with Gasteiger partial charge in [0.15, 0.2) is 0 Å². The molecule has 0 amide bonds. The van der Waals surface area contributed by atoms with Crippen LogP contribution in [0.5, 0.6) is 0 Å². The molecule has 0 saturated heterocycles. The maximum Gasteiger partial charge on any atom is 0.133 e. The van der Waals surface area contributed by atoms with Crippen molar-refractivity contribution in [2.24, 2.45) is 17.3 Å². The molecule has 0 aliphatic heterocycles. The Labute approximate surface area is 92.9 Å². The molecule has 0 spiro atoms. The highest BCUT2D eigenvalue weighted by molar-refractivity contribution is 5.79. The van der Waals surface area contributed by atoms with Gasteiger partial charge in [0, 0.05) is 5.92 Å². The molecule has 1 heteroatoms. The van der Waals surface area contributed by atoms with Crippen molar-refractivity contribution in [3.05, 3.63) is 11.6 Å². The van der Waals surface area contributed by atoms with Crippen LogP contribution in [-0.4, -0.2) is 5.78 Å². The molecular formula is C14H22O. The van der Waals surface area contributed by atoms with Gasteiger partial charge in [-0.2, -0.15) is 0 Å². The number of ketones is 1. The minimum Gasteiger partial charge on any atom is -0.300 e. The van der Waals surface area contributed by atoms with Gasteiger partial charge >= 0.3 is 0 Å². The zero-order valence-electron chi connectivity index (χ0n) is 10.2. The van der Waals surface area contributed by atoms with Crippen LogP contribution in [0.2, 0.25) is 0 Å². The van der Waals surface area contributed by atoms with Crippen LogP contribution in [-0.2, 0) is 4.79 Å². The Kier molecular flexibility index (Phi) is 2.74. The highest BCUT2D eigenvalue weighted by Gasteiger charge is 2.46. The van der Waals surface area contributed by atoms with E-state index in [1.54, 1.807) is 6.92 Å². The largest absolute Gasteiger partial charge is 0.300 e. The minimum atomic E-state index is 0.356. The van der Waals surface area contributed by atoms with Crippen molar-refractivity contribution in [1.29, 1.82) is 0 Å². The summed E-state index contributed by atoms with van der Waals surface area (Å²) in [6, 6.07) is 0. The second-order valence-electron chi connectivity index (χ2n) is 5.81. The Morgan fingerprint density at radius 2 is 2.20 bits per heavy atom. The van der Waals surface area contributed by atoms with Crippen LogP contribution in [0.3, 0.4) is 0 Å². The lowest BCUT2D eigenvalue weighted by atomic mass is 9.73. The van der Waals surface area contributed by atoms with Gasteiger partial charge in [-0.05, 0) is 57.3 Å². The van der Waals surface area contributed by atoms with Crippen molar-refractivity contribution in [2.45, 2.75) is 52.9 Å². The van der Waals surface area contributed by atoms with E-state index in [-0.39, 0.29) is 0 Å². The van der Waals surface area contributed by atoms with Gasteiger partial charge in [0.25, 0.3) is 0 Å². The molecule has 1 nitrogen and oxygen atoms in total. The molecule has 0 bridgehead atoms. The minimum absolute atomic E-state index is 0.356. The second kappa shape index (κ2) is 3.77. The van der Waals surface area contributed by atoms with Gasteiger partial charge in [-0.3, -0.25) is 4.79 Å². The number of fused-ring (bicyclic) bond motifs is 1. The maximum atomic E-state index is 11.6. The molecule has 3 atom stereocenters. The first-order valence-corrected chi connectivity index (χ1v) is 6.19. The molecule has 15 heavy (non-hydrogen) atoms. The van der Waals surface area contributed by atoms with Gasteiger partial charge in [-0.25, -0.2) is 0 Å². The van der Waals surface area contributed by atoms with E-state index in [2.05, 4.69) is 19.9 Å². The van der Waals surface area contributed by atoms with E-state index in [0.717, 1.165) is 6.42 Å². The summed E-state index contributed by atoms with van der Waals surface area (Å²) in [7, 11) is 0. The number of hydrogen-bond acceptors (Lipinski definition) is 1. The van der Waals surface area contributed by atoms with E-state index >= 15 is 0 Å². The summed E-state index contributed by atoms with van der Waals surface area (Å²) in [5.41, 5.74) is 1.93. The molecule has 84 valence electrons. The third kappa shape index (κ3) is 1.89. The highest BCUT2D eigenvalue weighted by atomic mass is 16.1. The van der Waals surface area contributed by atoms with Crippen molar-refractivity contribution >= 4 is 5.78 Å². The smallest absolute Gasteiger partial charge is 0.133 e. The monoisotopic (exact) mass is 206 g/mol. The number of allylic oxidation sites excluding steroid dienone is 2. The third-order valence-corrected chi connectivity index (χ3v) is 4.70. The molecule has 2 aliphatic carbocycles. The lowest BCUT2D eigenvalue weighted by Gasteiger charge is -2.31. The van der Waals surface area contributed by atoms with E-state index in [1.807, 2.05) is 0 Å². The predicted octanol–water partition coefficient (Wildman–Crippen LogP) is 3.74. The standard InChI is InChI=1S/C14H22O/c1-10-4-5-13-12(11(2)15)7-9-14(13,3)8-6-10/h6,12-13H,4-5,7-9H2,1-3H3/t12-,13-,14+/m0/s1. The number of hydrogen-bond donors (Lipinski definition) is 0. The first-order valence-electron chi connectivity index (χ1n) is 6.19. The Bertz CT molecular complexity index is 302. The average Bonchev–Trinajstić information content (AvgIpc) is 2.43. The summed E-state index contributed by atoms with van der Waals surface area (Å²) in [6.45, 7) is 6.39. The first kappa shape index (κ1) is 10.9. The quantitative estimate of drug-likeness (QED) is 0.597. The van der Waals surface area contributed by atoms with E-state index in [1.165, 1.54) is 31.3 Å². The fourth-order valence-electron chi connectivity index (χ4n) is 3.54. The molecule has 0 aromatic carbocycles. The van der Waals surface area contributed by atoms with Gasteiger partial charge in [-0.1, -0.05) is 18.6 Å². The molecule has 0 radical (unpaired) electrons. The fourth-order valence-corrected chi connectivity index (χ4v) is 3.54. The molecule has 0 N–H and O–H groups in total. The Balaban J connectivity index is 2.22. The van der Waals surface area contributed by atoms with Crippen molar-refractivity contribution in [1.82, 2.24) is 0 Å². The molecule has 2 aliphatic rings. The maximum absolute atomic E-state index is 11.6. The van der Waals surface area contributed by atoms with Crippen LogP contribution in [0, 0.1) is 17.3 Å². The Morgan fingerprint density at radius 3 is 2.87 bits per heavy atom. The fraction of sp³-hybridized carbons (Fsp3) is 0.786. The van der Waals surface area contributed by atoms with E-state index in [9.17, 15) is 4.79 Å². The topological polar surface area (TPSA) is 17.1 Å². The second-order valence-corrected chi connectivity index (χ2v) is 5.81. The lowest BCUT2D eigenvalue weighted by Crippen LogP contribution is -2.27. The molecule has 1 fully saturated rings. The molecule has 0 unspecified atom stereocenters. The lowest BCUT2D eigenvalue weighted by molar-refractivity contribution is -0.122. The molecule has 0 aromatic heterocycles. The summed E-state index contributed by atoms with van der Waals surface area (Å²) >= 11 is 0. The van der Waals surface area contributed by atoms with Gasteiger partial charge in [0.05, 0.1) is 0 Å². The van der Waals surface area contributed by atoms with E-state index < -0.39 is 0 Å². The number of carbonyl (C=O) groups is 1. The third-order valence-electron chi connectivity index (χ3n) is 4.70. The summed E-state index contributed by atoms with van der Waals surface area (Å²) in [5, 5.41) is 0. The Morgan fingerprint density at radius 1 is 1.47 bits per heavy atom. The predicted molar refractivity (Wildman–Crippen MR) is 62.6 cm³/mol. The van der Waals surface area contributed by atoms with Crippen molar-refractivity contribution in [3.63, 3.8) is 0 Å². The summed E-state index contributed by atoms with van der Waals surface area (Å²) < 4.78 is 0. The SMILES string of the molecule is CC(=O)[C@@H]1CC[C@@]2(C)CC=C(C)CC[C@@H]12. The van der Waals surface area contributed by atoms with E-state index in [4.69, 9.17) is 0 Å². The van der Waals surface area contributed by atoms with Gasteiger partial charge < -0.3 is 0 Å². The summed E-state index contributed by atoms with van der Waals surface area (Å²) in [5.74, 6) is 1.42. The highest BCUT2D eigenvalue weighted by Crippen LogP contribution is 2.53. The number of Topliss-reactive ketones (excluding diaryl/α,β-unsaturated/α-hetero) is 1.